The van der Waals surface area contributed by atoms with E-state index in [9.17, 15) is 19.1 Å². The molecule has 1 aliphatic heterocycles. The van der Waals surface area contributed by atoms with Crippen LogP contribution >= 0.6 is 11.8 Å². The lowest BCUT2D eigenvalue weighted by molar-refractivity contribution is -0.146. The topological polar surface area (TPSA) is 79.7 Å². The van der Waals surface area contributed by atoms with Gasteiger partial charge in [-0.2, -0.15) is 11.8 Å². The molecule has 0 unspecified atom stereocenters. The van der Waals surface area contributed by atoms with Gasteiger partial charge < -0.3 is 14.7 Å². The number of aliphatic carboxylic acids is 1. The molecule has 0 bridgehead atoms. The van der Waals surface area contributed by atoms with Crippen molar-refractivity contribution in [2.24, 2.45) is 11.8 Å². The maximum atomic E-state index is 14.7. The minimum Gasteiger partial charge on any atom is -0.497 e. The van der Waals surface area contributed by atoms with Gasteiger partial charge in [0.05, 0.1) is 30.3 Å². The van der Waals surface area contributed by atoms with Crippen LogP contribution in [0, 0.1) is 17.7 Å². The first kappa shape index (κ1) is 25.9. The molecule has 190 valence electrons. The summed E-state index contributed by atoms with van der Waals surface area (Å²) in [5.74, 6) is -0.816. The van der Waals surface area contributed by atoms with Crippen LogP contribution in [0.5, 0.6) is 5.75 Å². The van der Waals surface area contributed by atoms with Gasteiger partial charge in [0.15, 0.2) is 11.6 Å². The van der Waals surface area contributed by atoms with Crippen molar-refractivity contribution in [1.29, 1.82) is 0 Å². The number of carboxylic acids is 1. The highest BCUT2D eigenvalue weighted by Crippen LogP contribution is 2.32. The summed E-state index contributed by atoms with van der Waals surface area (Å²) in [4.78, 5) is 31.5. The molecule has 0 radical (unpaired) electrons. The number of fused-ring (bicyclic) bond motifs is 1. The highest BCUT2D eigenvalue weighted by atomic mass is 32.2. The van der Waals surface area contributed by atoms with Gasteiger partial charge >= 0.3 is 5.97 Å². The summed E-state index contributed by atoms with van der Waals surface area (Å²) < 4.78 is 19.9. The van der Waals surface area contributed by atoms with Crippen LogP contribution in [0.1, 0.15) is 61.7 Å². The van der Waals surface area contributed by atoms with E-state index in [1.165, 1.54) is 39.2 Å². The Balaban J connectivity index is 1.35. The predicted molar refractivity (Wildman–Crippen MR) is 137 cm³/mol. The van der Waals surface area contributed by atoms with Gasteiger partial charge in [-0.05, 0) is 56.3 Å². The largest absolute Gasteiger partial charge is 0.497 e. The maximum Gasteiger partial charge on any atom is 0.308 e. The van der Waals surface area contributed by atoms with Crippen LogP contribution in [0.3, 0.4) is 0 Å². The zero-order valence-electron chi connectivity index (χ0n) is 20.4. The molecule has 0 amide bonds. The first-order valence-electron chi connectivity index (χ1n) is 12.7. The second kappa shape index (κ2) is 12.2. The fourth-order valence-corrected chi connectivity index (χ4v) is 6.84. The van der Waals surface area contributed by atoms with E-state index in [0.29, 0.717) is 29.6 Å². The molecule has 2 heterocycles. The van der Waals surface area contributed by atoms with E-state index in [4.69, 9.17) is 4.74 Å². The van der Waals surface area contributed by atoms with Crippen LogP contribution in [0.4, 0.5) is 4.39 Å². The van der Waals surface area contributed by atoms with Gasteiger partial charge in [0.2, 0.25) is 0 Å². The van der Waals surface area contributed by atoms with E-state index in [0.717, 1.165) is 36.7 Å². The zero-order chi connectivity index (χ0) is 24.8. The van der Waals surface area contributed by atoms with Gasteiger partial charge in [-0.15, -0.1) is 0 Å². The minimum absolute atomic E-state index is 0.0120. The van der Waals surface area contributed by atoms with E-state index in [-0.39, 0.29) is 23.7 Å². The third-order valence-corrected chi connectivity index (χ3v) is 8.88. The van der Waals surface area contributed by atoms with Crippen molar-refractivity contribution in [3.63, 3.8) is 0 Å². The average Bonchev–Trinajstić information content (AvgIpc) is 2.87. The Morgan fingerprint density at radius 1 is 1.23 bits per heavy atom. The highest BCUT2D eigenvalue weighted by molar-refractivity contribution is 7.99. The number of Topliss-reactive ketones (excluding diaryl/α,β-unsaturated/α-hetero) is 1. The second-order valence-corrected chi connectivity index (χ2v) is 11.2. The number of carbonyl (C=O) groups excluding carboxylic acids is 1. The van der Waals surface area contributed by atoms with Crippen LogP contribution in [0.2, 0.25) is 0 Å². The first-order chi connectivity index (χ1) is 17.0. The number of piperidine rings is 1. The Labute approximate surface area is 210 Å². The van der Waals surface area contributed by atoms with Crippen LogP contribution in [-0.2, 0) is 4.79 Å². The number of carboxylic acid groups (broad SMARTS) is 1. The number of thioether (sulfide) groups is 1. The molecule has 4 rings (SSSR count). The Bertz CT molecular complexity index is 1040. The van der Waals surface area contributed by atoms with Crippen LogP contribution in [-0.4, -0.2) is 64.5 Å². The first-order valence-corrected chi connectivity index (χ1v) is 13.7. The van der Waals surface area contributed by atoms with Crippen molar-refractivity contribution in [2.75, 3.05) is 32.5 Å². The third-order valence-electron chi connectivity index (χ3n) is 7.52. The van der Waals surface area contributed by atoms with E-state index in [2.05, 4.69) is 9.88 Å². The molecule has 1 saturated heterocycles. The number of methoxy groups -OCH3 is 1. The lowest BCUT2D eigenvalue weighted by Crippen LogP contribution is -2.44. The van der Waals surface area contributed by atoms with E-state index >= 15 is 0 Å². The predicted octanol–water partition coefficient (Wildman–Crippen LogP) is 5.43. The molecule has 1 aromatic heterocycles. The van der Waals surface area contributed by atoms with Crippen molar-refractivity contribution >= 4 is 34.4 Å². The van der Waals surface area contributed by atoms with Crippen molar-refractivity contribution < 1.29 is 23.8 Å². The Morgan fingerprint density at radius 2 is 2.03 bits per heavy atom. The quantitative estimate of drug-likeness (QED) is 0.434. The SMILES string of the molecule is COc1ccc2ncc(F)c(C(=O)CC[C@@H]3CCN(CCSC4CCCCC4)C[C@@H]3C(=O)O)c2c1. The van der Waals surface area contributed by atoms with Crippen molar-refractivity contribution in [3.8, 4) is 5.75 Å². The molecule has 8 heteroatoms. The molecule has 2 aromatic rings. The summed E-state index contributed by atoms with van der Waals surface area (Å²) in [6.07, 6.45) is 8.98. The number of hydrogen-bond donors (Lipinski definition) is 1. The highest BCUT2D eigenvalue weighted by Gasteiger charge is 2.34. The van der Waals surface area contributed by atoms with Gasteiger partial charge in [-0.1, -0.05) is 19.3 Å². The summed E-state index contributed by atoms with van der Waals surface area (Å²) in [6.45, 7) is 2.27. The molecule has 0 spiro atoms. The summed E-state index contributed by atoms with van der Waals surface area (Å²) in [5.41, 5.74) is 0.538. The standard InChI is InChI=1S/C27H35FN2O4S/c1-34-19-8-9-24-21(15-19)26(23(28)16-29-24)25(31)10-7-18-11-12-30(17-22(18)27(32)33)13-14-35-20-5-3-2-4-6-20/h8-9,15-16,18,20,22H,2-7,10-14,17H2,1H3,(H,32,33)/t18-,22+/m1/s1. The zero-order valence-corrected chi connectivity index (χ0v) is 21.2. The minimum atomic E-state index is -0.808. The lowest BCUT2D eigenvalue weighted by atomic mass is 9.81. The number of ketones is 1. The van der Waals surface area contributed by atoms with Crippen LogP contribution in [0.25, 0.3) is 10.9 Å². The molecule has 1 N–H and O–H groups in total. The van der Waals surface area contributed by atoms with E-state index < -0.39 is 17.7 Å². The summed E-state index contributed by atoms with van der Waals surface area (Å²) >= 11 is 2.03. The number of carbonyl (C=O) groups is 2. The summed E-state index contributed by atoms with van der Waals surface area (Å²) in [6, 6.07) is 5.05. The normalized spacial score (nSPS) is 21.8. The molecular formula is C27H35FN2O4S. The number of benzene rings is 1. The maximum absolute atomic E-state index is 14.7. The van der Waals surface area contributed by atoms with Crippen LogP contribution in [0.15, 0.2) is 24.4 Å². The number of pyridine rings is 1. The fraction of sp³-hybridized carbons (Fsp3) is 0.593. The number of halogens is 1. The van der Waals surface area contributed by atoms with Gasteiger partial charge in [0, 0.05) is 35.9 Å². The summed E-state index contributed by atoms with van der Waals surface area (Å²) in [7, 11) is 1.52. The molecule has 1 saturated carbocycles. The van der Waals surface area contributed by atoms with E-state index in [1.807, 2.05) is 11.8 Å². The number of likely N-dealkylation sites (tertiary alicyclic amines) is 1. The smallest absolute Gasteiger partial charge is 0.308 e. The number of hydrogen-bond acceptors (Lipinski definition) is 6. The molecule has 2 fully saturated rings. The summed E-state index contributed by atoms with van der Waals surface area (Å²) in [5, 5.41) is 11.1. The molecule has 1 aliphatic carbocycles. The number of aromatic nitrogens is 1. The lowest BCUT2D eigenvalue weighted by Gasteiger charge is -2.36. The van der Waals surface area contributed by atoms with Crippen LogP contribution < -0.4 is 4.74 Å². The van der Waals surface area contributed by atoms with Gasteiger partial charge in [0.25, 0.3) is 0 Å². The van der Waals surface area contributed by atoms with Gasteiger partial charge in [-0.3, -0.25) is 14.6 Å². The molecule has 6 nitrogen and oxygen atoms in total. The van der Waals surface area contributed by atoms with Crippen molar-refractivity contribution in [1.82, 2.24) is 9.88 Å². The van der Waals surface area contributed by atoms with Crippen molar-refractivity contribution in [3.05, 3.63) is 35.8 Å². The fourth-order valence-electron chi connectivity index (χ4n) is 5.48. The van der Waals surface area contributed by atoms with Gasteiger partial charge in [-0.25, -0.2) is 4.39 Å². The van der Waals surface area contributed by atoms with E-state index in [1.54, 1.807) is 18.2 Å². The Morgan fingerprint density at radius 3 is 2.77 bits per heavy atom. The number of rotatable bonds is 10. The Kier molecular flexibility index (Phi) is 9.00. The number of nitrogens with zero attached hydrogens (tertiary/aromatic N) is 2. The molecule has 1 aromatic carbocycles. The molecular weight excluding hydrogens is 467 g/mol. The van der Waals surface area contributed by atoms with Crippen molar-refractivity contribution in [2.45, 2.75) is 56.6 Å². The van der Waals surface area contributed by atoms with Gasteiger partial charge in [0.1, 0.15) is 5.75 Å². The third kappa shape index (κ3) is 6.53. The molecule has 2 aliphatic rings. The number of ether oxygens (including phenoxy) is 1. The average molecular weight is 503 g/mol. The molecule has 35 heavy (non-hydrogen) atoms. The molecule has 2 atom stereocenters. The second-order valence-electron chi connectivity index (χ2n) is 9.75. The monoisotopic (exact) mass is 502 g/mol. The Hall–Kier alpha value is -2.19.